The fourth-order valence-corrected chi connectivity index (χ4v) is 2.35. The Morgan fingerprint density at radius 1 is 1.19 bits per heavy atom. The number of rotatable bonds is 4. The number of carbonyl (C=O) groups excluding carboxylic acids is 1. The maximum Gasteiger partial charge on any atom is 0.251 e. The molecule has 1 amide bonds. The van der Waals surface area contributed by atoms with Crippen molar-refractivity contribution < 1.29 is 15.0 Å². The van der Waals surface area contributed by atoms with E-state index in [1.54, 1.807) is 24.3 Å². The molecule has 0 saturated carbocycles. The van der Waals surface area contributed by atoms with Crippen molar-refractivity contribution in [2.45, 2.75) is 6.10 Å². The van der Waals surface area contributed by atoms with Gasteiger partial charge in [-0.25, -0.2) is 0 Å². The van der Waals surface area contributed by atoms with E-state index in [2.05, 4.69) is 5.32 Å². The molecule has 0 aromatic heterocycles. The van der Waals surface area contributed by atoms with Crippen molar-refractivity contribution in [3.05, 3.63) is 63.6 Å². The van der Waals surface area contributed by atoms with E-state index in [1.807, 2.05) is 0 Å². The summed E-state index contributed by atoms with van der Waals surface area (Å²) < 4.78 is 0. The van der Waals surface area contributed by atoms with Crippen LogP contribution in [0.15, 0.2) is 42.5 Å². The number of aliphatic hydroxyl groups excluding tert-OH is 1. The average molecular weight is 326 g/mol. The number of hydrogen-bond acceptors (Lipinski definition) is 3. The minimum absolute atomic E-state index is 0.00365. The SMILES string of the molecule is O=C(NCC(O)c1ccc(Cl)cc1Cl)c1cccc(O)c1. The van der Waals surface area contributed by atoms with Crippen LogP contribution >= 0.6 is 23.2 Å². The van der Waals surface area contributed by atoms with Gasteiger partial charge in [0.1, 0.15) is 5.75 Å². The van der Waals surface area contributed by atoms with Crippen molar-refractivity contribution in [2.75, 3.05) is 6.54 Å². The molecular weight excluding hydrogens is 313 g/mol. The summed E-state index contributed by atoms with van der Waals surface area (Å²) in [7, 11) is 0. The van der Waals surface area contributed by atoms with E-state index in [9.17, 15) is 15.0 Å². The molecule has 0 aliphatic carbocycles. The van der Waals surface area contributed by atoms with Crippen LogP contribution in [0.25, 0.3) is 0 Å². The molecule has 2 aromatic rings. The molecule has 3 N–H and O–H groups in total. The van der Waals surface area contributed by atoms with Gasteiger partial charge in [-0.05, 0) is 30.3 Å². The Balaban J connectivity index is 2.00. The molecule has 2 aromatic carbocycles. The Bertz CT molecular complexity index is 661. The Morgan fingerprint density at radius 3 is 2.62 bits per heavy atom. The van der Waals surface area contributed by atoms with E-state index in [4.69, 9.17) is 23.2 Å². The third-order valence-corrected chi connectivity index (χ3v) is 3.45. The lowest BCUT2D eigenvalue weighted by molar-refractivity contribution is 0.0916. The summed E-state index contributed by atoms with van der Waals surface area (Å²) in [6, 6.07) is 10.7. The van der Waals surface area contributed by atoms with Gasteiger partial charge in [0.25, 0.3) is 5.91 Å². The molecule has 1 unspecified atom stereocenters. The fraction of sp³-hybridized carbons (Fsp3) is 0.133. The van der Waals surface area contributed by atoms with Crippen molar-refractivity contribution in [3.63, 3.8) is 0 Å². The van der Waals surface area contributed by atoms with E-state index in [1.165, 1.54) is 18.2 Å². The van der Waals surface area contributed by atoms with Gasteiger partial charge in [-0.2, -0.15) is 0 Å². The van der Waals surface area contributed by atoms with Crippen LogP contribution in [0, 0.1) is 0 Å². The van der Waals surface area contributed by atoms with Crippen LogP contribution in [-0.2, 0) is 0 Å². The van der Waals surface area contributed by atoms with E-state index >= 15 is 0 Å². The Labute approximate surface area is 131 Å². The second kappa shape index (κ2) is 6.80. The summed E-state index contributed by atoms with van der Waals surface area (Å²) in [6.07, 6.45) is -0.948. The number of carbonyl (C=O) groups is 1. The third kappa shape index (κ3) is 4.11. The van der Waals surface area contributed by atoms with Crippen molar-refractivity contribution in [1.82, 2.24) is 5.32 Å². The van der Waals surface area contributed by atoms with Gasteiger partial charge in [0.15, 0.2) is 0 Å². The molecule has 0 saturated heterocycles. The second-order valence-electron chi connectivity index (χ2n) is 4.44. The lowest BCUT2D eigenvalue weighted by Crippen LogP contribution is -2.28. The number of benzene rings is 2. The number of nitrogens with one attached hydrogen (secondary N) is 1. The van der Waals surface area contributed by atoms with Gasteiger partial charge in [-0.15, -0.1) is 0 Å². The van der Waals surface area contributed by atoms with Crippen LogP contribution in [0.4, 0.5) is 0 Å². The number of halogens is 2. The molecular formula is C15H13Cl2NO3. The van der Waals surface area contributed by atoms with E-state index in [0.29, 0.717) is 21.2 Å². The average Bonchev–Trinajstić information content (AvgIpc) is 2.44. The van der Waals surface area contributed by atoms with Crippen LogP contribution in [0.2, 0.25) is 10.0 Å². The molecule has 0 spiro atoms. The molecule has 0 aliphatic heterocycles. The van der Waals surface area contributed by atoms with Gasteiger partial charge in [0, 0.05) is 27.7 Å². The number of phenols is 1. The van der Waals surface area contributed by atoms with Crippen molar-refractivity contribution in [1.29, 1.82) is 0 Å². The summed E-state index contributed by atoms with van der Waals surface area (Å²) in [5.41, 5.74) is 0.793. The first-order chi connectivity index (χ1) is 9.97. The zero-order valence-corrected chi connectivity index (χ0v) is 12.4. The van der Waals surface area contributed by atoms with Gasteiger partial charge < -0.3 is 15.5 Å². The van der Waals surface area contributed by atoms with E-state index in [-0.39, 0.29) is 12.3 Å². The Hall–Kier alpha value is -1.75. The third-order valence-electron chi connectivity index (χ3n) is 2.89. The summed E-state index contributed by atoms with van der Waals surface area (Å²) in [6.45, 7) is -0.00413. The minimum atomic E-state index is -0.948. The summed E-state index contributed by atoms with van der Waals surface area (Å²) >= 11 is 11.8. The normalized spacial score (nSPS) is 12.0. The van der Waals surface area contributed by atoms with Gasteiger partial charge in [-0.1, -0.05) is 35.3 Å². The van der Waals surface area contributed by atoms with Crippen molar-refractivity contribution >= 4 is 29.1 Å². The number of aromatic hydroxyl groups is 1. The highest BCUT2D eigenvalue weighted by atomic mass is 35.5. The molecule has 0 aliphatic rings. The van der Waals surface area contributed by atoms with Gasteiger partial charge in [0.2, 0.25) is 0 Å². The largest absolute Gasteiger partial charge is 0.508 e. The lowest BCUT2D eigenvalue weighted by atomic mass is 10.1. The first kappa shape index (κ1) is 15.6. The van der Waals surface area contributed by atoms with Crippen molar-refractivity contribution in [3.8, 4) is 5.75 Å². The second-order valence-corrected chi connectivity index (χ2v) is 5.29. The van der Waals surface area contributed by atoms with Gasteiger partial charge in [-0.3, -0.25) is 4.79 Å². The van der Waals surface area contributed by atoms with Gasteiger partial charge >= 0.3 is 0 Å². The maximum absolute atomic E-state index is 11.9. The van der Waals surface area contributed by atoms with E-state index < -0.39 is 12.0 Å². The molecule has 6 heteroatoms. The molecule has 0 bridgehead atoms. The highest BCUT2D eigenvalue weighted by molar-refractivity contribution is 6.35. The highest BCUT2D eigenvalue weighted by Gasteiger charge is 2.14. The number of hydrogen-bond donors (Lipinski definition) is 3. The zero-order valence-electron chi connectivity index (χ0n) is 10.9. The Morgan fingerprint density at radius 2 is 1.95 bits per heavy atom. The fourth-order valence-electron chi connectivity index (χ4n) is 1.82. The van der Waals surface area contributed by atoms with Crippen LogP contribution < -0.4 is 5.32 Å². The molecule has 110 valence electrons. The lowest BCUT2D eigenvalue weighted by Gasteiger charge is -2.14. The molecule has 2 rings (SSSR count). The standard InChI is InChI=1S/C15H13Cl2NO3/c16-10-4-5-12(13(17)7-10)14(20)8-18-15(21)9-2-1-3-11(19)6-9/h1-7,14,19-20H,8H2,(H,18,21). The van der Waals surface area contributed by atoms with Crippen LogP contribution in [0.5, 0.6) is 5.75 Å². The monoisotopic (exact) mass is 325 g/mol. The Kier molecular flexibility index (Phi) is 5.07. The van der Waals surface area contributed by atoms with E-state index in [0.717, 1.165) is 0 Å². The highest BCUT2D eigenvalue weighted by Crippen LogP contribution is 2.26. The molecule has 0 heterocycles. The minimum Gasteiger partial charge on any atom is -0.508 e. The predicted octanol–water partition coefficient (Wildman–Crippen LogP) is 3.16. The smallest absolute Gasteiger partial charge is 0.251 e. The number of amides is 1. The zero-order chi connectivity index (χ0) is 15.4. The topological polar surface area (TPSA) is 69.6 Å². The number of aliphatic hydroxyl groups is 1. The van der Waals surface area contributed by atoms with Crippen LogP contribution in [-0.4, -0.2) is 22.7 Å². The summed E-state index contributed by atoms with van der Waals surface area (Å²) in [5.74, 6) is -0.390. The molecule has 0 fully saturated rings. The first-order valence-electron chi connectivity index (χ1n) is 6.17. The van der Waals surface area contributed by atoms with Gasteiger partial charge in [0.05, 0.1) is 6.10 Å². The number of phenolic OH excluding ortho intramolecular Hbond substituents is 1. The van der Waals surface area contributed by atoms with Crippen LogP contribution in [0.3, 0.4) is 0 Å². The quantitative estimate of drug-likeness (QED) is 0.808. The van der Waals surface area contributed by atoms with Crippen LogP contribution in [0.1, 0.15) is 22.0 Å². The summed E-state index contributed by atoms with van der Waals surface area (Å²) in [5, 5.41) is 22.8. The summed E-state index contributed by atoms with van der Waals surface area (Å²) in [4.78, 5) is 11.9. The molecule has 1 atom stereocenters. The molecule has 21 heavy (non-hydrogen) atoms. The maximum atomic E-state index is 11.9. The molecule has 0 radical (unpaired) electrons. The van der Waals surface area contributed by atoms with Crippen molar-refractivity contribution in [2.24, 2.45) is 0 Å². The molecule has 4 nitrogen and oxygen atoms in total. The predicted molar refractivity (Wildman–Crippen MR) is 81.9 cm³/mol. The first-order valence-corrected chi connectivity index (χ1v) is 6.93.